The van der Waals surface area contributed by atoms with Gasteiger partial charge < -0.3 is 19.1 Å². The van der Waals surface area contributed by atoms with Gasteiger partial charge in [0.2, 0.25) is 0 Å². The molecular weight excluding hydrogens is 555 g/mol. The number of alkyl halides is 1. The SMILES string of the molecule is C[C@H](NP(=O)(OC[C@H]1O[C@@H](n2ccc(=O)[nH]c2=O)C(C)(F)[C@@H]1O)Oc1ccc(F)cc1)C(=O)OC1CCCCC1. The molecule has 40 heavy (non-hydrogen) atoms. The van der Waals surface area contributed by atoms with Gasteiger partial charge in [-0.3, -0.25) is 23.7 Å². The number of aliphatic hydroxyl groups excluding tert-OH is 1. The largest absolute Gasteiger partial charge is 0.461 e. The molecule has 6 atom stereocenters. The molecule has 2 heterocycles. The minimum Gasteiger partial charge on any atom is -0.461 e. The van der Waals surface area contributed by atoms with Crippen molar-refractivity contribution in [3.8, 4) is 5.75 Å². The Balaban J connectivity index is 1.49. The minimum absolute atomic E-state index is 0.0639. The molecule has 0 amide bonds. The number of H-pyrrole nitrogens is 1. The van der Waals surface area contributed by atoms with Crippen LogP contribution in [0.25, 0.3) is 0 Å². The summed E-state index contributed by atoms with van der Waals surface area (Å²) in [6.45, 7) is 1.69. The smallest absolute Gasteiger partial charge is 0.459 e. The van der Waals surface area contributed by atoms with Gasteiger partial charge in [-0.25, -0.2) is 18.1 Å². The van der Waals surface area contributed by atoms with Crippen molar-refractivity contribution in [3.63, 3.8) is 0 Å². The summed E-state index contributed by atoms with van der Waals surface area (Å²) in [5.41, 5.74) is -4.20. The molecule has 0 radical (unpaired) electrons. The van der Waals surface area contributed by atoms with Crippen molar-refractivity contribution in [1.82, 2.24) is 14.6 Å². The number of benzene rings is 1. The Morgan fingerprint density at radius 1 is 1.25 bits per heavy atom. The van der Waals surface area contributed by atoms with Crippen LogP contribution in [-0.4, -0.2) is 57.3 Å². The van der Waals surface area contributed by atoms with Crippen LogP contribution in [0.15, 0.2) is 46.1 Å². The Kier molecular flexibility index (Phi) is 9.26. The zero-order valence-corrected chi connectivity index (χ0v) is 22.9. The molecule has 1 saturated carbocycles. The maximum absolute atomic E-state index is 15.5. The van der Waals surface area contributed by atoms with Crippen LogP contribution in [0.4, 0.5) is 8.78 Å². The number of hydrogen-bond donors (Lipinski definition) is 3. The molecule has 15 heteroatoms. The minimum atomic E-state index is -4.45. The van der Waals surface area contributed by atoms with Gasteiger partial charge in [0, 0.05) is 12.3 Å². The zero-order chi connectivity index (χ0) is 29.1. The molecule has 2 aromatic rings. The summed E-state index contributed by atoms with van der Waals surface area (Å²) in [5, 5.41) is 13.1. The lowest BCUT2D eigenvalue weighted by atomic mass is 9.98. The van der Waals surface area contributed by atoms with E-state index in [-0.39, 0.29) is 11.9 Å². The van der Waals surface area contributed by atoms with Gasteiger partial charge in [-0.1, -0.05) is 6.42 Å². The maximum Gasteiger partial charge on any atom is 0.459 e. The van der Waals surface area contributed by atoms with Crippen molar-refractivity contribution in [2.24, 2.45) is 0 Å². The Bertz CT molecular complexity index is 1340. The average Bonchev–Trinajstić information content (AvgIpc) is 3.13. The number of esters is 1. The van der Waals surface area contributed by atoms with Gasteiger partial charge in [-0.2, -0.15) is 5.09 Å². The number of halogens is 2. The number of carbonyl (C=O) groups excluding carboxylic acids is 1. The number of ether oxygens (including phenoxy) is 2. The van der Waals surface area contributed by atoms with Crippen LogP contribution in [0, 0.1) is 5.82 Å². The van der Waals surface area contributed by atoms with Crippen LogP contribution in [0.2, 0.25) is 0 Å². The van der Waals surface area contributed by atoms with Crippen molar-refractivity contribution < 1.29 is 41.8 Å². The number of aromatic nitrogens is 2. The third kappa shape index (κ3) is 7.05. The summed E-state index contributed by atoms with van der Waals surface area (Å²) in [7, 11) is -4.45. The fourth-order valence-corrected chi connectivity index (χ4v) is 6.10. The highest BCUT2D eigenvalue weighted by molar-refractivity contribution is 7.52. The molecular formula is C25H32F2N3O9P. The second-order valence-electron chi connectivity index (χ2n) is 10.0. The van der Waals surface area contributed by atoms with Crippen LogP contribution in [-0.2, 0) is 23.4 Å². The summed E-state index contributed by atoms with van der Waals surface area (Å²) >= 11 is 0. The van der Waals surface area contributed by atoms with Crippen molar-refractivity contribution in [3.05, 3.63) is 63.2 Å². The molecule has 1 aromatic carbocycles. The molecule has 4 rings (SSSR count). The molecule has 1 aromatic heterocycles. The maximum atomic E-state index is 15.5. The van der Waals surface area contributed by atoms with Gasteiger partial charge in [0.1, 0.15) is 35.9 Å². The molecule has 0 spiro atoms. The quantitative estimate of drug-likeness (QED) is 0.279. The summed E-state index contributed by atoms with van der Waals surface area (Å²) < 4.78 is 65.5. The average molecular weight is 588 g/mol. The van der Waals surface area contributed by atoms with E-state index in [1.165, 1.54) is 19.1 Å². The third-order valence-corrected chi connectivity index (χ3v) is 8.45. The van der Waals surface area contributed by atoms with E-state index in [2.05, 4.69) is 5.09 Å². The molecule has 2 aliphatic rings. The third-order valence-electron chi connectivity index (χ3n) is 6.81. The first-order valence-electron chi connectivity index (χ1n) is 12.9. The van der Waals surface area contributed by atoms with Crippen molar-refractivity contribution in [1.29, 1.82) is 0 Å². The molecule has 220 valence electrons. The molecule has 2 fully saturated rings. The van der Waals surface area contributed by atoms with E-state index >= 15 is 4.39 Å². The van der Waals surface area contributed by atoms with Crippen LogP contribution < -0.4 is 20.9 Å². The van der Waals surface area contributed by atoms with E-state index in [0.717, 1.165) is 68.0 Å². The van der Waals surface area contributed by atoms with Gasteiger partial charge in [-0.15, -0.1) is 0 Å². The monoisotopic (exact) mass is 587 g/mol. The number of carbonyl (C=O) groups is 1. The highest BCUT2D eigenvalue weighted by Gasteiger charge is 2.56. The van der Waals surface area contributed by atoms with Crippen molar-refractivity contribution in [2.75, 3.05) is 6.61 Å². The lowest BCUT2D eigenvalue weighted by Gasteiger charge is -2.27. The first-order chi connectivity index (χ1) is 18.9. The predicted octanol–water partition coefficient (Wildman–Crippen LogP) is 2.72. The lowest BCUT2D eigenvalue weighted by molar-refractivity contribution is -0.152. The number of nitrogens with zero attached hydrogens (tertiary/aromatic N) is 1. The molecule has 3 N–H and O–H groups in total. The Morgan fingerprint density at radius 3 is 2.58 bits per heavy atom. The summed E-state index contributed by atoms with van der Waals surface area (Å²) in [6, 6.07) is 4.32. The molecule has 2 unspecified atom stereocenters. The van der Waals surface area contributed by atoms with E-state index in [4.69, 9.17) is 18.5 Å². The standard InChI is InChI=1S/C25H32F2N3O9P/c1-15(22(33)37-17-6-4-3-5-7-17)29-40(35,39-18-10-8-16(26)9-11-18)36-14-19-21(32)25(2,27)23(38-19)30-13-12-20(31)28-24(30)34/h8-13,15,17,19,21,23,32H,3-7,14H2,1-2H3,(H,29,35)(H,28,31,34)/t15-,19+,21+,23+,25?,40?/m0/s1. The molecule has 12 nitrogen and oxygen atoms in total. The van der Waals surface area contributed by atoms with Crippen LogP contribution in [0.5, 0.6) is 5.75 Å². The first kappa shape index (κ1) is 30.1. The highest BCUT2D eigenvalue weighted by atomic mass is 31.2. The Labute approximate surface area is 228 Å². The van der Waals surface area contributed by atoms with Gasteiger partial charge in [0.15, 0.2) is 11.9 Å². The van der Waals surface area contributed by atoms with E-state index in [9.17, 15) is 28.4 Å². The van der Waals surface area contributed by atoms with Crippen LogP contribution in [0.3, 0.4) is 0 Å². The molecule has 1 aliphatic carbocycles. The van der Waals surface area contributed by atoms with Gasteiger partial charge >= 0.3 is 19.4 Å². The topological polar surface area (TPSA) is 158 Å². The molecule has 1 aliphatic heterocycles. The lowest BCUT2D eigenvalue weighted by Crippen LogP contribution is -2.44. The molecule has 1 saturated heterocycles. The van der Waals surface area contributed by atoms with Gasteiger partial charge in [0.25, 0.3) is 5.56 Å². The summed E-state index contributed by atoms with van der Waals surface area (Å²) in [5.74, 6) is -1.33. The fourth-order valence-electron chi connectivity index (χ4n) is 4.60. The summed E-state index contributed by atoms with van der Waals surface area (Å²) in [4.78, 5) is 38.3. The number of aromatic amines is 1. The number of hydrogen-bond acceptors (Lipinski definition) is 9. The van der Waals surface area contributed by atoms with E-state index in [1.54, 1.807) is 0 Å². The highest BCUT2D eigenvalue weighted by Crippen LogP contribution is 2.47. The summed E-state index contributed by atoms with van der Waals surface area (Å²) in [6.07, 6.45) is 0.145. The van der Waals surface area contributed by atoms with E-state index < -0.39 is 67.5 Å². The number of aliphatic hydroxyl groups is 1. The number of nitrogens with one attached hydrogen (secondary N) is 2. The first-order valence-corrected chi connectivity index (χ1v) is 14.4. The Morgan fingerprint density at radius 2 is 1.93 bits per heavy atom. The molecule has 0 bridgehead atoms. The van der Waals surface area contributed by atoms with E-state index in [0.29, 0.717) is 0 Å². The van der Waals surface area contributed by atoms with Crippen LogP contribution >= 0.6 is 7.75 Å². The van der Waals surface area contributed by atoms with Crippen molar-refractivity contribution >= 4 is 13.7 Å². The van der Waals surface area contributed by atoms with E-state index in [1.807, 2.05) is 4.98 Å². The van der Waals surface area contributed by atoms with Crippen LogP contribution in [0.1, 0.15) is 52.2 Å². The van der Waals surface area contributed by atoms with Crippen molar-refractivity contribution in [2.45, 2.75) is 82.2 Å². The second kappa shape index (κ2) is 12.3. The normalized spacial score (nSPS) is 27.6. The fraction of sp³-hybridized carbons (Fsp3) is 0.560. The Hall–Kier alpha value is -2.90. The number of rotatable bonds is 10. The van der Waals surface area contributed by atoms with Gasteiger partial charge in [-0.05, 0) is 63.8 Å². The second-order valence-corrected chi connectivity index (χ2v) is 11.7. The zero-order valence-electron chi connectivity index (χ0n) is 22.0. The predicted molar refractivity (Wildman–Crippen MR) is 137 cm³/mol. The van der Waals surface area contributed by atoms with Gasteiger partial charge in [0.05, 0.1) is 6.61 Å².